The van der Waals surface area contributed by atoms with Crippen LogP contribution in [0.15, 0.2) is 43.0 Å². The van der Waals surface area contributed by atoms with Crippen molar-refractivity contribution in [2.45, 2.75) is 25.9 Å². The molecule has 0 radical (unpaired) electrons. The molecule has 21 heavy (non-hydrogen) atoms. The molecule has 0 saturated carbocycles. The summed E-state index contributed by atoms with van der Waals surface area (Å²) in [5.74, 6) is 0.308. The molecular weight excluding hydrogens is 262 g/mol. The Morgan fingerprint density at radius 1 is 1.14 bits per heavy atom. The minimum Gasteiger partial charge on any atom is -0.388 e. The van der Waals surface area contributed by atoms with Gasteiger partial charge in [-0.1, -0.05) is 6.07 Å². The van der Waals surface area contributed by atoms with Gasteiger partial charge in [0.25, 0.3) is 0 Å². The molecule has 0 amide bonds. The second kappa shape index (κ2) is 6.22. The Bertz CT molecular complexity index is 580. The Morgan fingerprint density at radius 3 is 2.57 bits per heavy atom. The van der Waals surface area contributed by atoms with Crippen LogP contribution < -0.4 is 4.90 Å². The van der Waals surface area contributed by atoms with Crippen molar-refractivity contribution in [3.05, 3.63) is 54.1 Å². The normalized spacial score (nSPS) is 17.7. The number of aliphatic hydroxyl groups is 1. The smallest absolute Gasteiger partial charge is 0.0834 e. The van der Waals surface area contributed by atoms with Crippen LogP contribution in [0.25, 0.3) is 0 Å². The van der Waals surface area contributed by atoms with Crippen LogP contribution in [0.5, 0.6) is 0 Å². The average Bonchev–Trinajstić information content (AvgIpc) is 2.56. The average molecular weight is 283 g/mol. The lowest BCUT2D eigenvalue weighted by Gasteiger charge is -2.36. The molecule has 0 spiro atoms. The lowest BCUT2D eigenvalue weighted by molar-refractivity contribution is 0.0926. The summed E-state index contributed by atoms with van der Waals surface area (Å²) in [5.41, 5.74) is 3.40. The maximum absolute atomic E-state index is 10.5. The molecule has 1 N–H and O–H groups in total. The molecule has 1 fully saturated rings. The number of aromatic nitrogens is 2. The zero-order valence-electron chi connectivity index (χ0n) is 12.3. The maximum atomic E-state index is 10.5. The standard InChI is InChI=1S/C17H21N3O/c1-13-4-8-19-12-16(13)20-9-5-14(6-10-20)17(21)15-3-2-7-18-11-15/h2-4,7-8,11-12,14,17,21H,5-6,9-10H2,1H3/t17-/m0/s1. The highest BCUT2D eigenvalue weighted by atomic mass is 16.3. The number of hydrogen-bond donors (Lipinski definition) is 1. The fraction of sp³-hybridized carbons (Fsp3) is 0.412. The first-order chi connectivity index (χ1) is 10.3. The lowest BCUT2D eigenvalue weighted by Crippen LogP contribution is -2.36. The van der Waals surface area contributed by atoms with Gasteiger partial charge in [-0.05, 0) is 48.9 Å². The summed E-state index contributed by atoms with van der Waals surface area (Å²) in [6, 6.07) is 5.88. The van der Waals surface area contributed by atoms with Crippen molar-refractivity contribution in [2.75, 3.05) is 18.0 Å². The van der Waals surface area contributed by atoms with Gasteiger partial charge in [0.1, 0.15) is 0 Å². The molecule has 4 nitrogen and oxygen atoms in total. The van der Waals surface area contributed by atoms with E-state index in [1.54, 1.807) is 12.4 Å². The van der Waals surface area contributed by atoms with Gasteiger partial charge in [0, 0.05) is 31.7 Å². The second-order valence-electron chi connectivity index (χ2n) is 5.72. The van der Waals surface area contributed by atoms with E-state index in [1.807, 2.05) is 30.6 Å². The van der Waals surface area contributed by atoms with E-state index in [4.69, 9.17) is 0 Å². The summed E-state index contributed by atoms with van der Waals surface area (Å²) in [6.45, 7) is 4.05. The summed E-state index contributed by atoms with van der Waals surface area (Å²) in [5, 5.41) is 10.5. The Kier molecular flexibility index (Phi) is 4.15. The molecule has 0 bridgehead atoms. The molecule has 1 aliphatic rings. The number of rotatable bonds is 3. The summed E-state index contributed by atoms with van der Waals surface area (Å²) in [4.78, 5) is 10.7. The molecule has 1 atom stereocenters. The van der Waals surface area contributed by atoms with Gasteiger partial charge < -0.3 is 10.0 Å². The van der Waals surface area contributed by atoms with Crippen LogP contribution in [0.1, 0.15) is 30.1 Å². The molecule has 3 heterocycles. The van der Waals surface area contributed by atoms with Gasteiger partial charge in [-0.15, -0.1) is 0 Å². The van der Waals surface area contributed by atoms with Crippen LogP contribution in [-0.2, 0) is 0 Å². The van der Waals surface area contributed by atoms with Gasteiger partial charge in [-0.25, -0.2) is 0 Å². The molecule has 0 unspecified atom stereocenters. The first-order valence-corrected chi connectivity index (χ1v) is 7.49. The summed E-state index contributed by atoms with van der Waals surface area (Å²) in [7, 11) is 0. The van der Waals surface area contributed by atoms with Gasteiger partial charge in [0.2, 0.25) is 0 Å². The first kappa shape index (κ1) is 14.0. The van der Waals surface area contributed by atoms with E-state index in [0.717, 1.165) is 31.5 Å². The van der Waals surface area contributed by atoms with Gasteiger partial charge in [-0.3, -0.25) is 9.97 Å². The van der Waals surface area contributed by atoms with E-state index in [1.165, 1.54) is 11.3 Å². The Labute approximate surface area is 125 Å². The summed E-state index contributed by atoms with van der Waals surface area (Å²) < 4.78 is 0. The van der Waals surface area contributed by atoms with E-state index in [9.17, 15) is 5.11 Å². The van der Waals surface area contributed by atoms with Crippen LogP contribution in [0.3, 0.4) is 0 Å². The van der Waals surface area contributed by atoms with Crippen molar-refractivity contribution >= 4 is 5.69 Å². The number of aliphatic hydroxyl groups excluding tert-OH is 1. The van der Waals surface area contributed by atoms with E-state index in [-0.39, 0.29) is 0 Å². The van der Waals surface area contributed by atoms with Crippen molar-refractivity contribution in [1.82, 2.24) is 9.97 Å². The molecule has 3 rings (SSSR count). The summed E-state index contributed by atoms with van der Waals surface area (Å²) in [6.07, 6.45) is 8.85. The highest BCUT2D eigenvalue weighted by Gasteiger charge is 2.26. The minimum absolute atomic E-state index is 0.308. The third-order valence-electron chi connectivity index (χ3n) is 4.36. The second-order valence-corrected chi connectivity index (χ2v) is 5.72. The molecule has 2 aromatic rings. The summed E-state index contributed by atoms with van der Waals surface area (Å²) >= 11 is 0. The third kappa shape index (κ3) is 3.05. The van der Waals surface area contributed by atoms with Crippen LogP contribution in [0.4, 0.5) is 5.69 Å². The number of anilines is 1. The molecule has 2 aromatic heterocycles. The van der Waals surface area contributed by atoms with E-state index in [0.29, 0.717) is 5.92 Å². The Hall–Kier alpha value is -1.94. The topological polar surface area (TPSA) is 49.2 Å². The Balaban J connectivity index is 1.64. The third-order valence-corrected chi connectivity index (χ3v) is 4.36. The fourth-order valence-corrected chi connectivity index (χ4v) is 3.07. The van der Waals surface area contributed by atoms with Gasteiger partial charge >= 0.3 is 0 Å². The number of piperidine rings is 1. The molecule has 0 aromatic carbocycles. The van der Waals surface area contributed by atoms with Gasteiger partial charge in [0.15, 0.2) is 0 Å². The van der Waals surface area contributed by atoms with Crippen molar-refractivity contribution in [2.24, 2.45) is 5.92 Å². The zero-order valence-corrected chi connectivity index (χ0v) is 12.3. The van der Waals surface area contributed by atoms with Crippen molar-refractivity contribution in [3.8, 4) is 0 Å². The van der Waals surface area contributed by atoms with Crippen LogP contribution in [0.2, 0.25) is 0 Å². The molecule has 1 saturated heterocycles. The highest BCUT2D eigenvalue weighted by molar-refractivity contribution is 5.51. The van der Waals surface area contributed by atoms with E-state index >= 15 is 0 Å². The van der Waals surface area contributed by atoms with Crippen molar-refractivity contribution < 1.29 is 5.11 Å². The predicted molar refractivity (Wildman–Crippen MR) is 83.1 cm³/mol. The molecular formula is C17H21N3O. The quantitative estimate of drug-likeness (QED) is 0.941. The minimum atomic E-state index is -0.407. The zero-order chi connectivity index (χ0) is 14.7. The molecule has 110 valence electrons. The van der Waals surface area contributed by atoms with Crippen LogP contribution >= 0.6 is 0 Å². The SMILES string of the molecule is Cc1ccncc1N1CCC([C@H](O)c2cccnc2)CC1. The Morgan fingerprint density at radius 2 is 1.90 bits per heavy atom. The lowest BCUT2D eigenvalue weighted by atomic mass is 9.88. The number of hydrogen-bond acceptors (Lipinski definition) is 4. The van der Waals surface area contributed by atoms with E-state index in [2.05, 4.69) is 21.8 Å². The maximum Gasteiger partial charge on any atom is 0.0834 e. The largest absolute Gasteiger partial charge is 0.388 e. The highest BCUT2D eigenvalue weighted by Crippen LogP contribution is 2.32. The van der Waals surface area contributed by atoms with Crippen molar-refractivity contribution in [3.63, 3.8) is 0 Å². The number of pyridine rings is 2. The van der Waals surface area contributed by atoms with Crippen LogP contribution in [0, 0.1) is 12.8 Å². The van der Waals surface area contributed by atoms with Gasteiger partial charge in [-0.2, -0.15) is 0 Å². The molecule has 0 aliphatic carbocycles. The predicted octanol–water partition coefficient (Wildman–Crippen LogP) is 2.74. The van der Waals surface area contributed by atoms with Crippen LogP contribution in [-0.4, -0.2) is 28.2 Å². The number of nitrogens with zero attached hydrogens (tertiary/aromatic N) is 3. The van der Waals surface area contributed by atoms with Crippen molar-refractivity contribution in [1.29, 1.82) is 0 Å². The molecule has 4 heteroatoms. The fourth-order valence-electron chi connectivity index (χ4n) is 3.07. The van der Waals surface area contributed by atoms with Gasteiger partial charge in [0.05, 0.1) is 18.0 Å². The monoisotopic (exact) mass is 283 g/mol. The first-order valence-electron chi connectivity index (χ1n) is 7.49. The number of aryl methyl sites for hydroxylation is 1. The van der Waals surface area contributed by atoms with E-state index < -0.39 is 6.10 Å². The molecule has 1 aliphatic heterocycles.